The summed E-state index contributed by atoms with van der Waals surface area (Å²) in [6.07, 6.45) is 10.8. The summed E-state index contributed by atoms with van der Waals surface area (Å²) in [6, 6.07) is 0. The maximum Gasteiger partial charge on any atom is 0.155 e. The van der Waals surface area contributed by atoms with Gasteiger partial charge in [-0.05, 0) is 0 Å². The zero-order chi connectivity index (χ0) is 9.38. The number of imidazole rings is 1. The van der Waals surface area contributed by atoms with Gasteiger partial charge in [0.15, 0.2) is 5.65 Å². The quantitative estimate of drug-likeness (QED) is 0.618. The van der Waals surface area contributed by atoms with Crippen molar-refractivity contribution in [1.82, 2.24) is 24.6 Å². The van der Waals surface area contributed by atoms with E-state index in [0.717, 1.165) is 16.9 Å². The lowest BCUT2D eigenvalue weighted by Crippen LogP contribution is -1.90. The van der Waals surface area contributed by atoms with Crippen LogP contribution in [0.2, 0.25) is 0 Å². The minimum atomic E-state index is 0.837. The molecule has 1 N–H and O–H groups in total. The van der Waals surface area contributed by atoms with E-state index in [2.05, 4.69) is 20.2 Å². The Morgan fingerprint density at radius 3 is 3.07 bits per heavy atom. The standard InChI is InChI=1S/C9H7N5/c1-2-14-8(7-3-12-13-4-7)5-10-6-9(14)11-1/h1-6H,(H,12,13). The van der Waals surface area contributed by atoms with Gasteiger partial charge in [-0.15, -0.1) is 0 Å². The molecule has 0 saturated carbocycles. The summed E-state index contributed by atoms with van der Waals surface area (Å²) in [5.74, 6) is 0. The van der Waals surface area contributed by atoms with Gasteiger partial charge in [0, 0.05) is 24.2 Å². The van der Waals surface area contributed by atoms with Crippen LogP contribution in [-0.4, -0.2) is 24.6 Å². The van der Waals surface area contributed by atoms with E-state index in [9.17, 15) is 0 Å². The second kappa shape index (κ2) is 2.66. The van der Waals surface area contributed by atoms with E-state index in [1.165, 1.54) is 0 Å². The van der Waals surface area contributed by atoms with Crippen molar-refractivity contribution in [2.75, 3.05) is 0 Å². The zero-order valence-electron chi connectivity index (χ0n) is 7.25. The number of fused-ring (bicyclic) bond motifs is 1. The highest BCUT2D eigenvalue weighted by molar-refractivity contribution is 5.60. The molecule has 0 amide bonds. The zero-order valence-corrected chi connectivity index (χ0v) is 7.25. The smallest absolute Gasteiger partial charge is 0.155 e. The second-order valence-corrected chi connectivity index (χ2v) is 2.93. The number of aromatic nitrogens is 5. The molecular formula is C9H7N5. The van der Waals surface area contributed by atoms with Crippen molar-refractivity contribution in [3.05, 3.63) is 37.2 Å². The predicted molar refractivity (Wildman–Crippen MR) is 50.6 cm³/mol. The molecule has 14 heavy (non-hydrogen) atoms. The average molecular weight is 185 g/mol. The average Bonchev–Trinajstić information content (AvgIpc) is 2.88. The van der Waals surface area contributed by atoms with Crippen LogP contribution in [0.3, 0.4) is 0 Å². The van der Waals surface area contributed by atoms with Crippen LogP contribution < -0.4 is 0 Å². The third kappa shape index (κ3) is 0.922. The highest BCUT2D eigenvalue weighted by atomic mass is 15.1. The largest absolute Gasteiger partial charge is 0.297 e. The van der Waals surface area contributed by atoms with Gasteiger partial charge in [-0.25, -0.2) is 4.98 Å². The Bertz CT molecular complexity index is 551. The van der Waals surface area contributed by atoms with Gasteiger partial charge < -0.3 is 0 Å². The Morgan fingerprint density at radius 1 is 1.21 bits per heavy atom. The lowest BCUT2D eigenvalue weighted by molar-refractivity contribution is 1.09. The molecule has 0 aromatic carbocycles. The SMILES string of the molecule is c1cn2c(-c3cn[nH]c3)cncc2n1. The molecule has 3 aromatic rings. The molecule has 3 heterocycles. The van der Waals surface area contributed by atoms with Crippen molar-refractivity contribution >= 4 is 5.65 Å². The van der Waals surface area contributed by atoms with Crippen molar-refractivity contribution in [1.29, 1.82) is 0 Å². The number of rotatable bonds is 1. The Labute approximate surface area is 79.4 Å². The molecule has 0 radical (unpaired) electrons. The van der Waals surface area contributed by atoms with Crippen LogP contribution >= 0.6 is 0 Å². The van der Waals surface area contributed by atoms with Crippen LogP contribution in [0, 0.1) is 0 Å². The van der Waals surface area contributed by atoms with Gasteiger partial charge in [0.25, 0.3) is 0 Å². The van der Waals surface area contributed by atoms with Gasteiger partial charge >= 0.3 is 0 Å². The first kappa shape index (κ1) is 7.25. The summed E-state index contributed by atoms with van der Waals surface area (Å²) in [5, 5.41) is 6.68. The van der Waals surface area contributed by atoms with Crippen LogP contribution in [-0.2, 0) is 0 Å². The van der Waals surface area contributed by atoms with Crippen molar-refractivity contribution in [3.8, 4) is 11.3 Å². The first-order chi connectivity index (χ1) is 6.95. The number of hydrogen-bond donors (Lipinski definition) is 1. The number of nitrogens with one attached hydrogen (secondary N) is 1. The van der Waals surface area contributed by atoms with Crippen molar-refractivity contribution in [2.24, 2.45) is 0 Å². The molecule has 0 bridgehead atoms. The molecule has 0 fully saturated rings. The van der Waals surface area contributed by atoms with E-state index in [4.69, 9.17) is 0 Å². The maximum absolute atomic E-state index is 4.16. The number of aromatic amines is 1. The lowest BCUT2D eigenvalue weighted by atomic mass is 10.3. The minimum Gasteiger partial charge on any atom is -0.297 e. The summed E-state index contributed by atoms with van der Waals surface area (Å²) in [5.41, 5.74) is 2.82. The van der Waals surface area contributed by atoms with Crippen molar-refractivity contribution in [2.45, 2.75) is 0 Å². The number of hydrogen-bond acceptors (Lipinski definition) is 3. The van der Waals surface area contributed by atoms with Gasteiger partial charge in [-0.1, -0.05) is 0 Å². The molecule has 0 aliphatic rings. The third-order valence-corrected chi connectivity index (χ3v) is 2.11. The Balaban J connectivity index is 2.36. The van der Waals surface area contributed by atoms with E-state index < -0.39 is 0 Å². The van der Waals surface area contributed by atoms with E-state index >= 15 is 0 Å². The van der Waals surface area contributed by atoms with Gasteiger partial charge in [-0.2, -0.15) is 5.10 Å². The second-order valence-electron chi connectivity index (χ2n) is 2.93. The first-order valence-electron chi connectivity index (χ1n) is 4.21. The van der Waals surface area contributed by atoms with Gasteiger partial charge in [-0.3, -0.25) is 14.5 Å². The Hall–Kier alpha value is -2.17. The van der Waals surface area contributed by atoms with E-state index in [0.29, 0.717) is 0 Å². The number of H-pyrrole nitrogens is 1. The molecule has 0 spiro atoms. The van der Waals surface area contributed by atoms with Crippen LogP contribution in [0.1, 0.15) is 0 Å². The molecule has 0 aliphatic heterocycles. The monoisotopic (exact) mass is 185 g/mol. The predicted octanol–water partition coefficient (Wildman–Crippen LogP) is 1.12. The van der Waals surface area contributed by atoms with Crippen LogP contribution in [0.5, 0.6) is 0 Å². The molecule has 0 aliphatic carbocycles. The van der Waals surface area contributed by atoms with Crippen molar-refractivity contribution in [3.63, 3.8) is 0 Å². The molecule has 68 valence electrons. The van der Waals surface area contributed by atoms with E-state index in [1.54, 1.807) is 24.8 Å². The number of nitrogens with zero attached hydrogens (tertiary/aromatic N) is 4. The maximum atomic E-state index is 4.16. The third-order valence-electron chi connectivity index (χ3n) is 2.11. The molecule has 0 unspecified atom stereocenters. The topological polar surface area (TPSA) is 58.9 Å². The fraction of sp³-hybridized carbons (Fsp3) is 0. The molecule has 0 saturated heterocycles. The summed E-state index contributed by atoms with van der Waals surface area (Å²) in [4.78, 5) is 8.28. The summed E-state index contributed by atoms with van der Waals surface area (Å²) >= 11 is 0. The van der Waals surface area contributed by atoms with E-state index in [1.807, 2.05) is 16.8 Å². The Morgan fingerprint density at radius 2 is 2.21 bits per heavy atom. The van der Waals surface area contributed by atoms with Gasteiger partial charge in [0.2, 0.25) is 0 Å². The summed E-state index contributed by atoms with van der Waals surface area (Å²) < 4.78 is 1.97. The molecule has 5 nitrogen and oxygen atoms in total. The normalized spacial score (nSPS) is 10.9. The highest BCUT2D eigenvalue weighted by Crippen LogP contribution is 2.16. The van der Waals surface area contributed by atoms with Crippen LogP contribution in [0.4, 0.5) is 0 Å². The fourth-order valence-electron chi connectivity index (χ4n) is 1.46. The highest BCUT2D eigenvalue weighted by Gasteiger charge is 2.04. The first-order valence-corrected chi connectivity index (χ1v) is 4.21. The van der Waals surface area contributed by atoms with Gasteiger partial charge in [0.1, 0.15) is 0 Å². The Kier molecular flexibility index (Phi) is 1.38. The summed E-state index contributed by atoms with van der Waals surface area (Å²) in [7, 11) is 0. The molecule has 3 rings (SSSR count). The van der Waals surface area contributed by atoms with Crippen LogP contribution in [0.15, 0.2) is 37.2 Å². The minimum absolute atomic E-state index is 0.837. The molecule has 0 atom stereocenters. The van der Waals surface area contributed by atoms with Gasteiger partial charge in [0.05, 0.1) is 24.3 Å². The van der Waals surface area contributed by atoms with Crippen LogP contribution in [0.25, 0.3) is 16.9 Å². The molecule has 5 heteroatoms. The van der Waals surface area contributed by atoms with Crippen molar-refractivity contribution < 1.29 is 0 Å². The fourth-order valence-corrected chi connectivity index (χ4v) is 1.46. The molecular weight excluding hydrogens is 178 g/mol. The lowest BCUT2D eigenvalue weighted by Gasteiger charge is -2.00. The molecule has 3 aromatic heterocycles. The van der Waals surface area contributed by atoms with E-state index in [-0.39, 0.29) is 0 Å². The summed E-state index contributed by atoms with van der Waals surface area (Å²) in [6.45, 7) is 0.